The smallest absolute Gasteiger partial charge is 0.267 e. The van der Waals surface area contributed by atoms with Gasteiger partial charge in [0.15, 0.2) is 11.5 Å². The molecule has 1 aliphatic rings. The Bertz CT molecular complexity index is 498. The molecular formula is C15H22N3O2+. The van der Waals surface area contributed by atoms with Crippen LogP contribution in [0.3, 0.4) is 0 Å². The highest BCUT2D eigenvalue weighted by atomic mass is 16.5. The molecule has 3 N–H and O–H groups in total. The molecule has 108 valence electrons. The number of amidine groups is 1. The summed E-state index contributed by atoms with van der Waals surface area (Å²) >= 11 is 0. The number of nitrogens with zero attached hydrogens (tertiary/aromatic N) is 1. The van der Waals surface area contributed by atoms with Gasteiger partial charge in [-0.1, -0.05) is 5.10 Å². The molecule has 0 saturated carbocycles. The Morgan fingerprint density at radius 1 is 1.40 bits per heavy atom. The second-order valence-electron chi connectivity index (χ2n) is 4.75. The minimum absolute atomic E-state index is 0.150. The number of aromatic hydroxyl groups is 1. The van der Waals surface area contributed by atoms with E-state index in [-0.39, 0.29) is 5.75 Å². The fraction of sp³-hybridized carbons (Fsp3) is 0.467. The largest absolute Gasteiger partial charge is 0.504 e. The number of phenolic OH excluding ortho intramolecular Hbond substituents is 1. The number of phenols is 1. The van der Waals surface area contributed by atoms with E-state index in [9.17, 15) is 5.11 Å². The molecule has 5 heteroatoms. The second kappa shape index (κ2) is 7.53. The van der Waals surface area contributed by atoms with Gasteiger partial charge in [0.05, 0.1) is 25.8 Å². The number of hydrazone groups is 1. The van der Waals surface area contributed by atoms with Crippen LogP contribution in [0.5, 0.6) is 11.5 Å². The summed E-state index contributed by atoms with van der Waals surface area (Å²) < 4.78 is 5.34. The van der Waals surface area contributed by atoms with Crippen LogP contribution in [0.4, 0.5) is 0 Å². The van der Waals surface area contributed by atoms with Crippen LogP contribution in [0.25, 0.3) is 0 Å². The van der Waals surface area contributed by atoms with Crippen molar-refractivity contribution in [3.05, 3.63) is 23.8 Å². The summed E-state index contributed by atoms with van der Waals surface area (Å²) in [4.78, 5) is 3.34. The third kappa shape index (κ3) is 4.26. The molecule has 0 atom stereocenters. The Kier molecular flexibility index (Phi) is 5.41. The predicted octanol–water partition coefficient (Wildman–Crippen LogP) is 0.767. The van der Waals surface area contributed by atoms with Gasteiger partial charge < -0.3 is 9.84 Å². The second-order valence-corrected chi connectivity index (χ2v) is 4.75. The Labute approximate surface area is 119 Å². The van der Waals surface area contributed by atoms with Gasteiger partial charge in [0.2, 0.25) is 0 Å². The SMILES string of the molecule is CCOc1cc(C=NNC2=[NH+]CCCCC2)ccc1O. The van der Waals surface area contributed by atoms with Gasteiger partial charge in [0, 0.05) is 5.56 Å². The first kappa shape index (κ1) is 14.4. The molecule has 0 aliphatic carbocycles. The molecular weight excluding hydrogens is 254 g/mol. The maximum Gasteiger partial charge on any atom is 0.267 e. The molecule has 0 amide bonds. The zero-order valence-electron chi connectivity index (χ0n) is 11.9. The maximum absolute atomic E-state index is 9.63. The van der Waals surface area contributed by atoms with E-state index in [1.807, 2.05) is 6.92 Å². The maximum atomic E-state index is 9.63. The summed E-state index contributed by atoms with van der Waals surface area (Å²) in [6, 6.07) is 5.19. The van der Waals surface area contributed by atoms with E-state index in [0.29, 0.717) is 12.4 Å². The lowest BCUT2D eigenvalue weighted by atomic mass is 10.2. The molecule has 20 heavy (non-hydrogen) atoms. The highest BCUT2D eigenvalue weighted by Crippen LogP contribution is 2.26. The summed E-state index contributed by atoms with van der Waals surface area (Å²) in [5.74, 6) is 1.70. The molecule has 1 aliphatic heterocycles. The van der Waals surface area contributed by atoms with Crippen LogP contribution in [0.2, 0.25) is 0 Å². The minimum Gasteiger partial charge on any atom is -0.504 e. The van der Waals surface area contributed by atoms with E-state index >= 15 is 0 Å². The van der Waals surface area contributed by atoms with Crippen LogP contribution in [0.1, 0.15) is 38.2 Å². The van der Waals surface area contributed by atoms with E-state index in [0.717, 1.165) is 24.4 Å². The molecule has 5 nitrogen and oxygen atoms in total. The van der Waals surface area contributed by atoms with E-state index in [1.54, 1.807) is 24.4 Å². The summed E-state index contributed by atoms with van der Waals surface area (Å²) in [7, 11) is 0. The predicted molar refractivity (Wildman–Crippen MR) is 79.3 cm³/mol. The van der Waals surface area contributed by atoms with Crippen molar-refractivity contribution in [1.82, 2.24) is 5.43 Å². The number of nitrogens with one attached hydrogen (secondary N) is 2. The van der Waals surface area contributed by atoms with Crippen molar-refractivity contribution in [1.29, 1.82) is 0 Å². The molecule has 0 saturated heterocycles. The molecule has 1 heterocycles. The molecule has 0 fully saturated rings. The lowest BCUT2D eigenvalue weighted by Crippen LogP contribution is -2.75. The van der Waals surface area contributed by atoms with Crippen LogP contribution in [-0.4, -0.2) is 30.3 Å². The highest BCUT2D eigenvalue weighted by molar-refractivity contribution is 5.83. The lowest BCUT2D eigenvalue weighted by Gasteiger charge is -2.05. The van der Waals surface area contributed by atoms with Crippen molar-refractivity contribution in [2.24, 2.45) is 5.10 Å². The Morgan fingerprint density at radius 3 is 3.15 bits per heavy atom. The monoisotopic (exact) mass is 276 g/mol. The first-order valence-electron chi connectivity index (χ1n) is 7.14. The van der Waals surface area contributed by atoms with Crippen molar-refractivity contribution >= 4 is 12.1 Å². The molecule has 0 spiro atoms. The summed E-state index contributed by atoms with van der Waals surface area (Å²) in [6.45, 7) is 3.41. The number of ether oxygens (including phenoxy) is 1. The van der Waals surface area contributed by atoms with Crippen LogP contribution in [0, 0.1) is 0 Å². The Hall–Kier alpha value is -2.04. The number of rotatable bonds is 4. The van der Waals surface area contributed by atoms with Crippen LogP contribution >= 0.6 is 0 Å². The quantitative estimate of drug-likeness (QED) is 0.562. The van der Waals surface area contributed by atoms with Gasteiger partial charge in [-0.15, -0.1) is 0 Å². The van der Waals surface area contributed by atoms with Gasteiger partial charge in [0.25, 0.3) is 5.84 Å². The van der Waals surface area contributed by atoms with Gasteiger partial charge in [-0.3, -0.25) is 4.99 Å². The molecule has 2 rings (SSSR count). The van der Waals surface area contributed by atoms with Gasteiger partial charge in [-0.2, -0.15) is 5.43 Å². The minimum atomic E-state index is 0.150. The fourth-order valence-electron chi connectivity index (χ4n) is 2.09. The Balaban J connectivity index is 1.96. The average Bonchev–Trinajstić information content (AvgIpc) is 2.71. The van der Waals surface area contributed by atoms with Crippen LogP contribution in [-0.2, 0) is 0 Å². The van der Waals surface area contributed by atoms with Crippen molar-refractivity contribution in [3.8, 4) is 11.5 Å². The van der Waals surface area contributed by atoms with Crippen molar-refractivity contribution in [2.75, 3.05) is 13.2 Å². The molecule has 0 bridgehead atoms. The Morgan fingerprint density at radius 2 is 2.30 bits per heavy atom. The third-order valence-corrected chi connectivity index (χ3v) is 3.14. The normalized spacial score (nSPS) is 15.8. The van der Waals surface area contributed by atoms with Crippen molar-refractivity contribution in [2.45, 2.75) is 32.6 Å². The topological polar surface area (TPSA) is 67.8 Å². The van der Waals surface area contributed by atoms with E-state index in [1.165, 1.54) is 19.3 Å². The molecule has 0 unspecified atom stereocenters. The molecule has 1 aromatic carbocycles. The standard InChI is InChI=1S/C15H21N3O2/c1-2-20-14-10-12(7-8-13(14)19)11-17-18-15-6-4-3-5-9-16-15/h7-8,10-11,19H,2-6,9H2,1H3,(H,16,18)/p+1. The number of hydrogen-bond donors (Lipinski definition) is 3. The van der Waals surface area contributed by atoms with E-state index in [2.05, 4.69) is 15.5 Å². The summed E-state index contributed by atoms with van der Waals surface area (Å²) in [5, 5.41) is 13.9. The molecule has 0 aromatic heterocycles. The summed E-state index contributed by atoms with van der Waals surface area (Å²) in [5.41, 5.74) is 3.93. The summed E-state index contributed by atoms with van der Waals surface area (Å²) in [6.07, 6.45) is 6.40. The lowest BCUT2D eigenvalue weighted by molar-refractivity contribution is -0.459. The van der Waals surface area contributed by atoms with Crippen molar-refractivity contribution < 1.29 is 14.8 Å². The zero-order chi connectivity index (χ0) is 14.2. The van der Waals surface area contributed by atoms with Gasteiger partial charge in [0.1, 0.15) is 0 Å². The average molecular weight is 276 g/mol. The van der Waals surface area contributed by atoms with E-state index in [4.69, 9.17) is 4.74 Å². The number of hydrogen-bond acceptors (Lipinski definition) is 4. The molecule has 0 radical (unpaired) electrons. The highest BCUT2D eigenvalue weighted by Gasteiger charge is 2.08. The third-order valence-electron chi connectivity index (χ3n) is 3.14. The zero-order valence-corrected chi connectivity index (χ0v) is 11.9. The van der Waals surface area contributed by atoms with E-state index < -0.39 is 0 Å². The van der Waals surface area contributed by atoms with Crippen LogP contribution < -0.4 is 15.2 Å². The van der Waals surface area contributed by atoms with Crippen molar-refractivity contribution in [3.63, 3.8) is 0 Å². The first-order valence-corrected chi connectivity index (χ1v) is 7.14. The van der Waals surface area contributed by atoms with Crippen LogP contribution in [0.15, 0.2) is 23.3 Å². The van der Waals surface area contributed by atoms with Gasteiger partial charge in [-0.05, 0) is 44.4 Å². The van der Waals surface area contributed by atoms with Gasteiger partial charge >= 0.3 is 0 Å². The fourth-order valence-corrected chi connectivity index (χ4v) is 2.09. The number of benzene rings is 1. The molecule has 1 aromatic rings. The first-order chi connectivity index (χ1) is 9.79. The van der Waals surface area contributed by atoms with Gasteiger partial charge in [-0.25, -0.2) is 0 Å².